The van der Waals surface area contributed by atoms with Gasteiger partial charge in [0.1, 0.15) is 5.82 Å². The number of pyridine rings is 1. The molecule has 2 aromatic rings. The number of rotatable bonds is 3. The summed E-state index contributed by atoms with van der Waals surface area (Å²) in [6.45, 7) is 0.533. The lowest BCUT2D eigenvalue weighted by Gasteiger charge is -2.10. The molecule has 1 aromatic carbocycles. The summed E-state index contributed by atoms with van der Waals surface area (Å²) in [5.41, 5.74) is 6.61. The zero-order valence-corrected chi connectivity index (χ0v) is 10.2. The van der Waals surface area contributed by atoms with Gasteiger partial charge in [-0.2, -0.15) is 0 Å². The fraction of sp³-hybridized carbons (Fsp3) is 0.182. The monoisotopic (exact) mass is 281 g/mol. The number of nitrogens with zero attached hydrogens (tertiary/aromatic N) is 1. The zero-order valence-electron chi connectivity index (χ0n) is 8.57. The second-order valence-corrected chi connectivity index (χ2v) is 4.22. The van der Waals surface area contributed by atoms with Crippen LogP contribution in [0.15, 0.2) is 28.9 Å². The molecule has 0 amide bonds. The Kier molecular flexibility index (Phi) is 3.26. The molecule has 0 fully saturated rings. The normalized spacial score (nSPS) is 10.6. The molecule has 0 aliphatic carbocycles. The minimum absolute atomic E-state index is 0.0675. The number of hydrogen-bond acceptors (Lipinski definition) is 4. The molecule has 0 bridgehead atoms. The van der Waals surface area contributed by atoms with E-state index in [4.69, 9.17) is 10.8 Å². The summed E-state index contributed by atoms with van der Waals surface area (Å²) in [6.07, 6.45) is 1.70. The van der Waals surface area contributed by atoms with Gasteiger partial charge in [0.2, 0.25) is 0 Å². The van der Waals surface area contributed by atoms with Gasteiger partial charge in [-0.05, 0) is 18.2 Å². The first kappa shape index (κ1) is 11.2. The summed E-state index contributed by atoms with van der Waals surface area (Å²) < 4.78 is 0.935. The van der Waals surface area contributed by atoms with Crippen molar-refractivity contribution in [2.45, 2.75) is 0 Å². The van der Waals surface area contributed by atoms with Gasteiger partial charge in [-0.15, -0.1) is 0 Å². The second-order valence-electron chi connectivity index (χ2n) is 3.37. The van der Waals surface area contributed by atoms with E-state index >= 15 is 0 Å². The number of fused-ring (bicyclic) bond motifs is 1. The predicted molar refractivity (Wildman–Crippen MR) is 69.4 cm³/mol. The van der Waals surface area contributed by atoms with Gasteiger partial charge in [0.05, 0.1) is 6.61 Å². The highest BCUT2D eigenvalue weighted by atomic mass is 79.9. The van der Waals surface area contributed by atoms with E-state index in [-0.39, 0.29) is 6.61 Å². The number of aliphatic hydroxyl groups is 1. The molecule has 1 aromatic heterocycles. The Hall–Kier alpha value is -1.33. The Labute approximate surface area is 102 Å². The van der Waals surface area contributed by atoms with Crippen LogP contribution in [0.25, 0.3) is 10.8 Å². The van der Waals surface area contributed by atoms with Crippen molar-refractivity contribution >= 4 is 38.2 Å². The Bertz CT molecular complexity index is 516. The van der Waals surface area contributed by atoms with Gasteiger partial charge in [-0.1, -0.05) is 15.9 Å². The van der Waals surface area contributed by atoms with Gasteiger partial charge >= 0.3 is 0 Å². The Morgan fingerprint density at radius 1 is 1.38 bits per heavy atom. The van der Waals surface area contributed by atoms with Crippen molar-refractivity contribution in [1.29, 1.82) is 0 Å². The number of benzene rings is 1. The zero-order chi connectivity index (χ0) is 11.5. The summed E-state index contributed by atoms with van der Waals surface area (Å²) in [5, 5.41) is 13.7. The van der Waals surface area contributed by atoms with Crippen LogP contribution < -0.4 is 11.1 Å². The molecule has 0 radical (unpaired) electrons. The molecule has 0 unspecified atom stereocenters. The topological polar surface area (TPSA) is 71.2 Å². The molecule has 5 heteroatoms. The highest BCUT2D eigenvalue weighted by Gasteiger charge is 2.07. The highest BCUT2D eigenvalue weighted by Crippen LogP contribution is 2.32. The van der Waals surface area contributed by atoms with Crippen molar-refractivity contribution in [3.05, 3.63) is 28.9 Å². The van der Waals surface area contributed by atoms with E-state index in [0.29, 0.717) is 12.2 Å². The third-order valence-electron chi connectivity index (χ3n) is 2.31. The minimum Gasteiger partial charge on any atom is -0.398 e. The SMILES string of the molecule is Nc1ccc(Br)c2c(NCCO)nccc12. The molecule has 0 aliphatic rings. The van der Waals surface area contributed by atoms with E-state index in [1.807, 2.05) is 18.2 Å². The smallest absolute Gasteiger partial charge is 0.135 e. The van der Waals surface area contributed by atoms with Crippen molar-refractivity contribution < 1.29 is 5.11 Å². The molecular formula is C11H12BrN3O. The van der Waals surface area contributed by atoms with E-state index in [1.165, 1.54) is 0 Å². The molecule has 0 atom stereocenters. The number of aliphatic hydroxyl groups excluding tert-OH is 1. The molecular weight excluding hydrogens is 270 g/mol. The van der Waals surface area contributed by atoms with Crippen LogP contribution in [0.3, 0.4) is 0 Å². The molecule has 4 N–H and O–H groups in total. The Morgan fingerprint density at radius 2 is 2.19 bits per heavy atom. The molecule has 2 rings (SSSR count). The van der Waals surface area contributed by atoms with Crippen LogP contribution in [0.1, 0.15) is 0 Å². The van der Waals surface area contributed by atoms with Crippen LogP contribution in [0.5, 0.6) is 0 Å². The molecule has 0 saturated carbocycles. The van der Waals surface area contributed by atoms with E-state index in [2.05, 4.69) is 26.2 Å². The quantitative estimate of drug-likeness (QED) is 0.753. The number of nitrogen functional groups attached to an aromatic ring is 1. The molecule has 0 aliphatic heterocycles. The fourth-order valence-corrected chi connectivity index (χ4v) is 2.12. The van der Waals surface area contributed by atoms with Crippen molar-refractivity contribution in [1.82, 2.24) is 4.98 Å². The second kappa shape index (κ2) is 4.67. The first-order valence-corrected chi connectivity index (χ1v) is 5.70. The van der Waals surface area contributed by atoms with Gasteiger partial charge < -0.3 is 16.2 Å². The largest absolute Gasteiger partial charge is 0.398 e. The number of aromatic nitrogens is 1. The van der Waals surface area contributed by atoms with Crippen LogP contribution in [-0.4, -0.2) is 23.2 Å². The van der Waals surface area contributed by atoms with Crippen molar-refractivity contribution in [3.8, 4) is 0 Å². The van der Waals surface area contributed by atoms with Gasteiger partial charge in [-0.25, -0.2) is 4.98 Å². The Morgan fingerprint density at radius 3 is 2.94 bits per heavy atom. The molecule has 84 valence electrons. The maximum absolute atomic E-state index is 8.80. The van der Waals surface area contributed by atoms with Crippen LogP contribution in [0, 0.1) is 0 Å². The third kappa shape index (κ3) is 1.96. The lowest BCUT2D eigenvalue weighted by Crippen LogP contribution is -2.07. The van der Waals surface area contributed by atoms with E-state index in [9.17, 15) is 0 Å². The fourth-order valence-electron chi connectivity index (χ4n) is 1.59. The number of nitrogens with one attached hydrogen (secondary N) is 1. The average Bonchev–Trinajstić information content (AvgIpc) is 2.31. The highest BCUT2D eigenvalue weighted by molar-refractivity contribution is 9.10. The molecule has 4 nitrogen and oxygen atoms in total. The third-order valence-corrected chi connectivity index (χ3v) is 2.98. The maximum Gasteiger partial charge on any atom is 0.135 e. The van der Waals surface area contributed by atoms with Crippen molar-refractivity contribution in [2.75, 3.05) is 24.2 Å². The Balaban J connectivity index is 2.61. The van der Waals surface area contributed by atoms with E-state index in [1.54, 1.807) is 6.20 Å². The summed E-state index contributed by atoms with van der Waals surface area (Å²) in [6, 6.07) is 5.62. The average molecular weight is 282 g/mol. The van der Waals surface area contributed by atoms with Crippen molar-refractivity contribution in [3.63, 3.8) is 0 Å². The summed E-state index contributed by atoms with van der Waals surface area (Å²) in [7, 11) is 0. The number of nitrogens with two attached hydrogens (primary N) is 1. The predicted octanol–water partition coefficient (Wildman–Crippen LogP) is 1.98. The first-order chi connectivity index (χ1) is 7.74. The summed E-state index contributed by atoms with van der Waals surface area (Å²) >= 11 is 3.48. The van der Waals surface area contributed by atoms with Crippen LogP contribution in [-0.2, 0) is 0 Å². The van der Waals surface area contributed by atoms with Gasteiger partial charge in [0.15, 0.2) is 0 Å². The molecule has 0 spiro atoms. The van der Waals surface area contributed by atoms with Crippen LogP contribution >= 0.6 is 15.9 Å². The van der Waals surface area contributed by atoms with E-state index < -0.39 is 0 Å². The standard InChI is InChI=1S/C11H12BrN3O/c12-8-1-2-9(13)7-3-4-14-11(10(7)8)15-5-6-16/h1-4,16H,5-6,13H2,(H,14,15). The maximum atomic E-state index is 8.80. The minimum atomic E-state index is 0.0675. The number of hydrogen-bond donors (Lipinski definition) is 3. The molecule has 1 heterocycles. The lowest BCUT2D eigenvalue weighted by atomic mass is 10.1. The van der Waals surface area contributed by atoms with E-state index in [0.717, 1.165) is 21.1 Å². The van der Waals surface area contributed by atoms with Gasteiger partial charge in [0, 0.05) is 33.7 Å². The number of halogens is 1. The molecule has 0 saturated heterocycles. The lowest BCUT2D eigenvalue weighted by molar-refractivity contribution is 0.311. The number of anilines is 2. The first-order valence-electron chi connectivity index (χ1n) is 4.91. The molecule has 16 heavy (non-hydrogen) atoms. The van der Waals surface area contributed by atoms with Crippen molar-refractivity contribution in [2.24, 2.45) is 0 Å². The van der Waals surface area contributed by atoms with Crippen LogP contribution in [0.4, 0.5) is 11.5 Å². The summed E-state index contributed by atoms with van der Waals surface area (Å²) in [5.74, 6) is 0.728. The van der Waals surface area contributed by atoms with Gasteiger partial charge in [-0.3, -0.25) is 0 Å². The van der Waals surface area contributed by atoms with Gasteiger partial charge in [0.25, 0.3) is 0 Å². The summed E-state index contributed by atoms with van der Waals surface area (Å²) in [4.78, 5) is 4.24. The van der Waals surface area contributed by atoms with Crippen LogP contribution in [0.2, 0.25) is 0 Å².